The lowest BCUT2D eigenvalue weighted by atomic mass is 10.1. The van der Waals surface area contributed by atoms with Gasteiger partial charge in [-0.05, 0) is 77.4 Å². The molecule has 0 fully saturated rings. The van der Waals surface area contributed by atoms with Crippen molar-refractivity contribution in [3.05, 3.63) is 63.5 Å². The molecule has 10 heteroatoms. The van der Waals surface area contributed by atoms with Gasteiger partial charge in [-0.15, -0.1) is 0 Å². The van der Waals surface area contributed by atoms with Gasteiger partial charge in [-0.1, -0.05) is 26.0 Å². The average molecular weight is 589 g/mol. The number of nitrogens with one attached hydrogen (secondary N) is 1. The smallest absolute Gasteiger partial charge is 0.244 e. The summed E-state index contributed by atoms with van der Waals surface area (Å²) in [6.07, 6.45) is 1.03. The van der Waals surface area contributed by atoms with Gasteiger partial charge in [0.1, 0.15) is 18.4 Å². The normalized spacial score (nSPS) is 12.3. The van der Waals surface area contributed by atoms with Crippen molar-refractivity contribution in [3.63, 3.8) is 0 Å². The molecule has 2 aromatic rings. The minimum absolute atomic E-state index is 0.0274. The molecule has 180 valence electrons. The lowest BCUT2D eigenvalue weighted by Gasteiger charge is -2.31. The van der Waals surface area contributed by atoms with E-state index in [2.05, 4.69) is 27.9 Å². The van der Waals surface area contributed by atoms with E-state index in [1.165, 1.54) is 29.2 Å². The van der Waals surface area contributed by atoms with Gasteiger partial charge in [0, 0.05) is 16.7 Å². The minimum Gasteiger partial charge on any atom is -0.354 e. The van der Waals surface area contributed by atoms with Gasteiger partial charge in [0.05, 0.1) is 11.9 Å². The molecule has 0 aromatic heterocycles. The molecule has 2 amide bonds. The predicted octanol–water partition coefficient (Wildman–Crippen LogP) is 3.39. The summed E-state index contributed by atoms with van der Waals surface area (Å²) >= 11 is 2.11. The second kappa shape index (κ2) is 11.8. The fourth-order valence-corrected chi connectivity index (χ4v) is 4.25. The Morgan fingerprint density at radius 3 is 2.12 bits per heavy atom. The van der Waals surface area contributed by atoms with E-state index in [1.54, 1.807) is 31.2 Å². The van der Waals surface area contributed by atoms with E-state index in [-0.39, 0.29) is 18.4 Å². The van der Waals surface area contributed by atoms with E-state index in [0.717, 1.165) is 14.1 Å². The van der Waals surface area contributed by atoms with Crippen molar-refractivity contribution >= 4 is 50.1 Å². The van der Waals surface area contributed by atoms with Crippen LogP contribution in [-0.4, -0.2) is 50.5 Å². The van der Waals surface area contributed by atoms with Crippen LogP contribution in [0, 0.1) is 15.3 Å². The average Bonchev–Trinajstić information content (AvgIpc) is 2.74. The summed E-state index contributed by atoms with van der Waals surface area (Å²) in [4.78, 5) is 27.4. The number of hydrogen-bond acceptors (Lipinski definition) is 4. The van der Waals surface area contributed by atoms with Crippen molar-refractivity contribution < 1.29 is 22.4 Å². The van der Waals surface area contributed by atoms with Crippen molar-refractivity contribution in [2.45, 2.75) is 33.4 Å². The Kier molecular flexibility index (Phi) is 9.65. The van der Waals surface area contributed by atoms with Crippen LogP contribution in [0.4, 0.5) is 10.1 Å². The molecule has 0 aliphatic carbocycles. The van der Waals surface area contributed by atoms with E-state index in [4.69, 9.17) is 0 Å². The first kappa shape index (κ1) is 27.0. The Balaban J connectivity index is 2.34. The fraction of sp³-hybridized carbons (Fsp3) is 0.391. The van der Waals surface area contributed by atoms with E-state index < -0.39 is 34.3 Å². The van der Waals surface area contributed by atoms with Gasteiger partial charge in [0.15, 0.2) is 0 Å². The number of carbonyl (C=O) groups is 2. The third-order valence-electron chi connectivity index (χ3n) is 4.91. The SMILES string of the molecule is CC(C)CNC(=O)C(C)N(Cc1ccc(F)cc1)C(=O)CN(c1ccc(I)cc1)S(C)(=O)=O. The number of amides is 2. The number of hydrogen-bond donors (Lipinski definition) is 1. The third-order valence-corrected chi connectivity index (χ3v) is 6.77. The molecule has 0 radical (unpaired) electrons. The highest BCUT2D eigenvalue weighted by Crippen LogP contribution is 2.20. The minimum atomic E-state index is -3.77. The standard InChI is InChI=1S/C23H29FIN3O4S/c1-16(2)13-26-23(30)17(3)27(14-18-5-7-19(24)8-6-18)22(29)15-28(33(4,31)32)21-11-9-20(25)10-12-21/h5-12,16-17H,13-15H2,1-4H3,(H,26,30). The Bertz CT molecular complexity index is 1060. The molecule has 0 saturated carbocycles. The van der Waals surface area contributed by atoms with Crippen molar-refractivity contribution in [2.75, 3.05) is 23.7 Å². The van der Waals surface area contributed by atoms with Gasteiger partial charge in [-0.2, -0.15) is 0 Å². The van der Waals surface area contributed by atoms with E-state index in [0.29, 0.717) is 17.8 Å². The van der Waals surface area contributed by atoms with Crippen LogP contribution in [0.2, 0.25) is 0 Å². The van der Waals surface area contributed by atoms with Gasteiger partial charge in [-0.25, -0.2) is 12.8 Å². The Hall–Kier alpha value is -2.21. The molecule has 0 aliphatic rings. The van der Waals surface area contributed by atoms with Gasteiger partial charge in [0.25, 0.3) is 0 Å². The highest BCUT2D eigenvalue weighted by atomic mass is 127. The Morgan fingerprint density at radius 2 is 1.61 bits per heavy atom. The molecule has 0 spiro atoms. The van der Waals surface area contributed by atoms with Gasteiger partial charge in [-0.3, -0.25) is 13.9 Å². The van der Waals surface area contributed by atoms with Crippen molar-refractivity contribution in [2.24, 2.45) is 5.92 Å². The van der Waals surface area contributed by atoms with Gasteiger partial charge >= 0.3 is 0 Å². The Labute approximate surface area is 208 Å². The first-order valence-electron chi connectivity index (χ1n) is 10.4. The van der Waals surface area contributed by atoms with Crippen molar-refractivity contribution in [1.29, 1.82) is 0 Å². The molecule has 7 nitrogen and oxygen atoms in total. The van der Waals surface area contributed by atoms with E-state index in [9.17, 15) is 22.4 Å². The molecule has 33 heavy (non-hydrogen) atoms. The molecule has 0 bridgehead atoms. The molecule has 2 aromatic carbocycles. The van der Waals surface area contributed by atoms with Crippen molar-refractivity contribution in [1.82, 2.24) is 10.2 Å². The number of sulfonamides is 1. The maximum Gasteiger partial charge on any atom is 0.244 e. The maximum atomic E-state index is 13.4. The predicted molar refractivity (Wildman–Crippen MR) is 136 cm³/mol. The van der Waals surface area contributed by atoms with Crippen LogP contribution in [0.25, 0.3) is 0 Å². The summed E-state index contributed by atoms with van der Waals surface area (Å²) in [5.41, 5.74) is 0.971. The zero-order valence-corrected chi connectivity index (χ0v) is 22.1. The molecule has 1 N–H and O–H groups in total. The van der Waals surface area contributed by atoms with Crippen molar-refractivity contribution in [3.8, 4) is 0 Å². The zero-order valence-electron chi connectivity index (χ0n) is 19.1. The second-order valence-corrected chi connectivity index (χ2v) is 11.4. The first-order chi connectivity index (χ1) is 15.4. The van der Waals surface area contributed by atoms with Crippen LogP contribution in [0.1, 0.15) is 26.3 Å². The summed E-state index contributed by atoms with van der Waals surface area (Å²) in [7, 11) is -3.77. The number of anilines is 1. The molecule has 1 atom stereocenters. The van der Waals surface area contributed by atoms with Crippen LogP contribution in [0.3, 0.4) is 0 Å². The fourth-order valence-electron chi connectivity index (χ4n) is 3.04. The number of halogens is 2. The molecule has 0 aliphatic heterocycles. The highest BCUT2D eigenvalue weighted by Gasteiger charge is 2.30. The molecule has 1 unspecified atom stereocenters. The number of carbonyl (C=O) groups excluding carboxylic acids is 2. The monoisotopic (exact) mass is 589 g/mol. The molecule has 2 rings (SSSR count). The van der Waals surface area contributed by atoms with Gasteiger partial charge in [0.2, 0.25) is 21.8 Å². The second-order valence-electron chi connectivity index (χ2n) is 8.21. The molecular weight excluding hydrogens is 560 g/mol. The molecule has 0 saturated heterocycles. The lowest BCUT2D eigenvalue weighted by Crippen LogP contribution is -2.51. The first-order valence-corrected chi connectivity index (χ1v) is 13.4. The largest absolute Gasteiger partial charge is 0.354 e. The topological polar surface area (TPSA) is 86.8 Å². The van der Waals surface area contributed by atoms with Crippen LogP contribution in [0.15, 0.2) is 48.5 Å². The van der Waals surface area contributed by atoms with Crippen LogP contribution >= 0.6 is 22.6 Å². The number of nitrogens with zero attached hydrogens (tertiary/aromatic N) is 2. The maximum absolute atomic E-state index is 13.4. The molecular formula is C23H29FIN3O4S. The molecule has 0 heterocycles. The summed E-state index contributed by atoms with van der Waals surface area (Å²) in [6.45, 7) is 5.50. The Morgan fingerprint density at radius 1 is 1.03 bits per heavy atom. The van der Waals surface area contributed by atoms with E-state index in [1.807, 2.05) is 13.8 Å². The highest BCUT2D eigenvalue weighted by molar-refractivity contribution is 14.1. The van der Waals surface area contributed by atoms with E-state index >= 15 is 0 Å². The third kappa shape index (κ3) is 8.26. The van der Waals surface area contributed by atoms with Crippen LogP contribution < -0.4 is 9.62 Å². The summed E-state index contributed by atoms with van der Waals surface area (Å²) in [5.74, 6) is -1.08. The lowest BCUT2D eigenvalue weighted by molar-refractivity contribution is -0.139. The number of rotatable bonds is 10. The van der Waals surface area contributed by atoms with Crippen LogP contribution in [0.5, 0.6) is 0 Å². The summed E-state index contributed by atoms with van der Waals surface area (Å²) in [5, 5.41) is 2.81. The number of benzene rings is 2. The quantitative estimate of drug-likeness (QED) is 0.431. The summed E-state index contributed by atoms with van der Waals surface area (Å²) < 4.78 is 40.3. The summed E-state index contributed by atoms with van der Waals surface area (Å²) in [6, 6.07) is 11.5. The zero-order chi connectivity index (χ0) is 24.8. The van der Waals surface area contributed by atoms with Gasteiger partial charge < -0.3 is 10.2 Å². The van der Waals surface area contributed by atoms with Crippen LogP contribution in [-0.2, 0) is 26.2 Å².